The molecule has 2 aromatic rings. The first-order valence-electron chi connectivity index (χ1n) is 6.22. The minimum Gasteiger partial charge on any atom is -0.300 e. The lowest BCUT2D eigenvalue weighted by atomic mass is 10.1. The minimum absolute atomic E-state index is 0.0120. The first kappa shape index (κ1) is 11.8. The number of amides is 1. The Bertz CT molecular complexity index is 509. The maximum Gasteiger partial charge on any atom is 0.249 e. The van der Waals surface area contributed by atoms with Gasteiger partial charge >= 0.3 is 0 Å². The van der Waals surface area contributed by atoms with Crippen molar-refractivity contribution in [2.75, 3.05) is 18.0 Å². The van der Waals surface area contributed by atoms with Crippen LogP contribution in [0.1, 0.15) is 11.6 Å². The van der Waals surface area contributed by atoms with E-state index in [4.69, 9.17) is 0 Å². The van der Waals surface area contributed by atoms with E-state index in [0.29, 0.717) is 12.4 Å². The van der Waals surface area contributed by atoms with Crippen LogP contribution in [0.15, 0.2) is 48.9 Å². The summed E-state index contributed by atoms with van der Waals surface area (Å²) in [5.74, 6) is 0.709. The lowest BCUT2D eigenvalue weighted by Gasteiger charge is -2.32. The van der Waals surface area contributed by atoms with Crippen molar-refractivity contribution in [1.82, 2.24) is 15.3 Å². The van der Waals surface area contributed by atoms with Crippen molar-refractivity contribution >= 4 is 11.7 Å². The van der Waals surface area contributed by atoms with Crippen molar-refractivity contribution in [2.45, 2.75) is 6.04 Å². The van der Waals surface area contributed by atoms with Crippen molar-refractivity contribution in [2.24, 2.45) is 0 Å². The molecular weight excluding hydrogens is 240 g/mol. The standard InChI is InChI=1S/C14H14N4O/c19-14-13(11-4-3-6-15-10-11)17-8-9-18(14)12-5-1-2-7-16-12/h1-7,10,13,17H,8-9H2. The third-order valence-electron chi connectivity index (χ3n) is 3.14. The fourth-order valence-corrected chi connectivity index (χ4v) is 2.22. The molecule has 96 valence electrons. The topological polar surface area (TPSA) is 58.1 Å². The first-order chi connectivity index (χ1) is 9.36. The van der Waals surface area contributed by atoms with Gasteiger partial charge in [0, 0.05) is 31.7 Å². The molecule has 2 aromatic heterocycles. The number of hydrogen-bond acceptors (Lipinski definition) is 4. The molecule has 1 saturated heterocycles. The van der Waals surface area contributed by atoms with Gasteiger partial charge in [0.05, 0.1) is 0 Å². The van der Waals surface area contributed by atoms with Crippen LogP contribution in [-0.4, -0.2) is 29.0 Å². The van der Waals surface area contributed by atoms with Gasteiger partial charge in [0.1, 0.15) is 11.9 Å². The van der Waals surface area contributed by atoms with E-state index in [0.717, 1.165) is 12.1 Å². The zero-order valence-corrected chi connectivity index (χ0v) is 10.4. The van der Waals surface area contributed by atoms with E-state index in [-0.39, 0.29) is 11.9 Å². The molecule has 0 aromatic carbocycles. The van der Waals surface area contributed by atoms with Crippen LogP contribution >= 0.6 is 0 Å². The van der Waals surface area contributed by atoms with E-state index >= 15 is 0 Å². The Morgan fingerprint density at radius 1 is 1.21 bits per heavy atom. The highest BCUT2D eigenvalue weighted by Crippen LogP contribution is 2.21. The Balaban J connectivity index is 1.88. The molecule has 0 saturated carbocycles. The average Bonchev–Trinajstić information content (AvgIpc) is 2.49. The van der Waals surface area contributed by atoms with Gasteiger partial charge in [-0.3, -0.25) is 14.7 Å². The highest BCUT2D eigenvalue weighted by atomic mass is 16.2. The minimum atomic E-state index is -0.343. The summed E-state index contributed by atoms with van der Waals surface area (Å²) < 4.78 is 0. The molecule has 1 unspecified atom stereocenters. The molecular formula is C14H14N4O. The molecule has 5 heteroatoms. The van der Waals surface area contributed by atoms with E-state index in [2.05, 4.69) is 15.3 Å². The number of pyridine rings is 2. The molecule has 1 fully saturated rings. The summed E-state index contributed by atoms with van der Waals surface area (Å²) >= 11 is 0. The quantitative estimate of drug-likeness (QED) is 0.873. The molecule has 0 aliphatic carbocycles. The van der Waals surface area contributed by atoms with Crippen molar-refractivity contribution in [3.63, 3.8) is 0 Å². The summed E-state index contributed by atoms with van der Waals surface area (Å²) in [5, 5.41) is 3.23. The fraction of sp³-hybridized carbons (Fsp3) is 0.214. The van der Waals surface area contributed by atoms with E-state index in [1.54, 1.807) is 23.5 Å². The van der Waals surface area contributed by atoms with E-state index < -0.39 is 0 Å². The summed E-state index contributed by atoms with van der Waals surface area (Å²) in [4.78, 5) is 22.5. The van der Waals surface area contributed by atoms with Crippen LogP contribution in [0.25, 0.3) is 0 Å². The number of carbonyl (C=O) groups is 1. The Labute approximate surface area is 111 Å². The van der Waals surface area contributed by atoms with Crippen molar-refractivity contribution in [3.8, 4) is 0 Å². The number of nitrogens with one attached hydrogen (secondary N) is 1. The average molecular weight is 254 g/mol. The number of hydrogen-bond donors (Lipinski definition) is 1. The number of piperazine rings is 1. The zero-order chi connectivity index (χ0) is 13.1. The Hall–Kier alpha value is -2.27. The predicted molar refractivity (Wildman–Crippen MR) is 71.6 cm³/mol. The number of nitrogens with zero attached hydrogens (tertiary/aromatic N) is 3. The van der Waals surface area contributed by atoms with Crippen molar-refractivity contribution in [1.29, 1.82) is 0 Å². The molecule has 19 heavy (non-hydrogen) atoms. The summed E-state index contributed by atoms with van der Waals surface area (Å²) in [6, 6.07) is 8.98. The number of carbonyl (C=O) groups excluding carboxylic acids is 1. The molecule has 3 heterocycles. The normalized spacial score (nSPS) is 19.5. The maximum atomic E-state index is 12.5. The van der Waals surface area contributed by atoms with Crippen LogP contribution in [0.3, 0.4) is 0 Å². The summed E-state index contributed by atoms with van der Waals surface area (Å²) in [6.45, 7) is 1.37. The Morgan fingerprint density at radius 2 is 2.16 bits per heavy atom. The van der Waals surface area contributed by atoms with E-state index in [1.807, 2.05) is 30.3 Å². The van der Waals surface area contributed by atoms with Gasteiger partial charge in [-0.15, -0.1) is 0 Å². The van der Waals surface area contributed by atoms with Gasteiger partial charge in [-0.25, -0.2) is 4.98 Å². The third kappa shape index (κ3) is 2.32. The van der Waals surface area contributed by atoms with Crippen LogP contribution in [0.5, 0.6) is 0 Å². The molecule has 3 rings (SSSR count). The van der Waals surface area contributed by atoms with Crippen LogP contribution in [0.4, 0.5) is 5.82 Å². The van der Waals surface area contributed by atoms with Gasteiger partial charge < -0.3 is 5.32 Å². The maximum absolute atomic E-state index is 12.5. The van der Waals surface area contributed by atoms with E-state index in [9.17, 15) is 4.79 Å². The van der Waals surface area contributed by atoms with Crippen molar-refractivity contribution in [3.05, 3.63) is 54.5 Å². The molecule has 0 bridgehead atoms. The predicted octanol–water partition coefficient (Wildman–Crippen LogP) is 1.15. The molecule has 1 N–H and O–H groups in total. The second-order valence-electron chi connectivity index (χ2n) is 4.35. The highest BCUT2D eigenvalue weighted by molar-refractivity contribution is 5.97. The fourth-order valence-electron chi connectivity index (χ4n) is 2.22. The van der Waals surface area contributed by atoms with Gasteiger partial charge in [-0.2, -0.15) is 0 Å². The van der Waals surface area contributed by atoms with Crippen molar-refractivity contribution < 1.29 is 4.79 Å². The van der Waals surface area contributed by atoms with Gasteiger partial charge in [0.25, 0.3) is 0 Å². The number of rotatable bonds is 2. The second-order valence-corrected chi connectivity index (χ2v) is 4.35. The van der Waals surface area contributed by atoms with Crippen LogP contribution in [-0.2, 0) is 4.79 Å². The smallest absolute Gasteiger partial charge is 0.249 e. The molecule has 1 atom stereocenters. The molecule has 1 aliphatic rings. The summed E-state index contributed by atoms with van der Waals surface area (Å²) in [7, 11) is 0. The van der Waals surface area contributed by atoms with Gasteiger partial charge in [0.15, 0.2) is 0 Å². The molecule has 1 aliphatic heterocycles. The third-order valence-corrected chi connectivity index (χ3v) is 3.14. The van der Waals surface area contributed by atoms with Gasteiger partial charge in [0.2, 0.25) is 5.91 Å². The Kier molecular flexibility index (Phi) is 3.20. The SMILES string of the molecule is O=C1C(c2cccnc2)NCCN1c1ccccn1. The van der Waals surface area contributed by atoms with Crippen LogP contribution in [0.2, 0.25) is 0 Å². The van der Waals surface area contributed by atoms with Gasteiger partial charge in [-0.1, -0.05) is 12.1 Å². The zero-order valence-electron chi connectivity index (χ0n) is 10.4. The molecule has 0 spiro atoms. The van der Waals surface area contributed by atoms with Gasteiger partial charge in [-0.05, 0) is 23.8 Å². The lowest BCUT2D eigenvalue weighted by molar-refractivity contribution is -0.121. The molecule has 0 radical (unpaired) electrons. The molecule has 5 nitrogen and oxygen atoms in total. The lowest BCUT2D eigenvalue weighted by Crippen LogP contribution is -2.50. The van der Waals surface area contributed by atoms with Crippen LogP contribution in [0, 0.1) is 0 Å². The monoisotopic (exact) mass is 254 g/mol. The number of anilines is 1. The van der Waals surface area contributed by atoms with Crippen LogP contribution < -0.4 is 10.2 Å². The Morgan fingerprint density at radius 3 is 2.89 bits per heavy atom. The molecule has 1 amide bonds. The highest BCUT2D eigenvalue weighted by Gasteiger charge is 2.30. The largest absolute Gasteiger partial charge is 0.300 e. The summed E-state index contributed by atoms with van der Waals surface area (Å²) in [6.07, 6.45) is 5.12. The second kappa shape index (κ2) is 5.16. The number of aromatic nitrogens is 2. The first-order valence-corrected chi connectivity index (χ1v) is 6.22. The van der Waals surface area contributed by atoms with E-state index in [1.165, 1.54) is 0 Å². The summed E-state index contributed by atoms with van der Waals surface area (Å²) in [5.41, 5.74) is 0.883.